The lowest BCUT2D eigenvalue weighted by atomic mass is 9.92. The Kier molecular flexibility index (Phi) is 7.85. The molecule has 0 fully saturated rings. The van der Waals surface area contributed by atoms with Gasteiger partial charge in [-0.3, -0.25) is 0 Å². The van der Waals surface area contributed by atoms with Crippen LogP contribution in [-0.4, -0.2) is 20.8 Å². The molecule has 0 amide bonds. The maximum atomic E-state index is 5.52. The van der Waals surface area contributed by atoms with Gasteiger partial charge in [-0.25, -0.2) is 0 Å². The summed E-state index contributed by atoms with van der Waals surface area (Å²) in [5, 5.41) is 0. The van der Waals surface area contributed by atoms with Crippen LogP contribution < -0.4 is 0 Å². The van der Waals surface area contributed by atoms with Crippen LogP contribution in [0.3, 0.4) is 0 Å². The fraction of sp³-hybridized carbons (Fsp3) is 0.600. The van der Waals surface area contributed by atoms with Gasteiger partial charge < -0.3 is 9.47 Å². The zero-order valence-corrected chi connectivity index (χ0v) is 12.0. The minimum absolute atomic E-state index is 0.347. The molecule has 0 bridgehead atoms. The lowest BCUT2D eigenvalue weighted by Crippen LogP contribution is -2.30. The topological polar surface area (TPSA) is 18.5 Å². The lowest BCUT2D eigenvalue weighted by molar-refractivity contribution is -0.0559. The monoisotopic (exact) mass is 238 g/mol. The van der Waals surface area contributed by atoms with Crippen LogP contribution in [0.2, 0.25) is 0 Å². The Morgan fingerprint density at radius 1 is 1.12 bits per heavy atom. The summed E-state index contributed by atoms with van der Waals surface area (Å²) >= 11 is 0. The first-order valence-electron chi connectivity index (χ1n) is 6.15. The molecule has 0 spiro atoms. The van der Waals surface area contributed by atoms with Crippen LogP contribution in [0.15, 0.2) is 24.3 Å². The number of benzene rings is 1. The molecule has 98 valence electrons. The van der Waals surface area contributed by atoms with Crippen molar-refractivity contribution in [1.82, 2.24) is 0 Å². The molecule has 17 heavy (non-hydrogen) atoms. The van der Waals surface area contributed by atoms with Gasteiger partial charge in [0, 0.05) is 14.2 Å². The second-order valence-electron chi connectivity index (χ2n) is 4.39. The highest BCUT2D eigenvalue weighted by atomic mass is 16.5. The van der Waals surface area contributed by atoms with Gasteiger partial charge in [-0.2, -0.15) is 0 Å². The molecule has 1 aromatic rings. The highest BCUT2D eigenvalue weighted by Gasteiger charge is 2.27. The summed E-state index contributed by atoms with van der Waals surface area (Å²) in [6.07, 6.45) is 1.25. The molecule has 0 N–H and O–H groups in total. The average molecular weight is 238 g/mol. The predicted molar refractivity (Wildman–Crippen MR) is 73.4 cm³/mol. The molecular weight excluding hydrogens is 212 g/mol. The predicted octanol–water partition coefficient (Wildman–Crippen LogP) is 3.92. The standard InChI is InChI=1S/C12H18O2.C3H8/c1-10-7-5-6-8-11(10)12(2,14-4)9-13-3;1-3-2/h5-8H,9H2,1-4H3;3H2,1-2H3. The molecule has 0 saturated carbocycles. The lowest BCUT2D eigenvalue weighted by Gasteiger charge is -2.29. The molecule has 1 rings (SSSR count). The molecule has 0 aliphatic rings. The Bertz CT molecular complexity index is 310. The first kappa shape index (κ1) is 16.1. The fourth-order valence-corrected chi connectivity index (χ4v) is 1.69. The van der Waals surface area contributed by atoms with Gasteiger partial charge >= 0.3 is 0 Å². The maximum Gasteiger partial charge on any atom is 0.113 e. The number of rotatable bonds is 4. The summed E-state index contributed by atoms with van der Waals surface area (Å²) in [6.45, 7) is 8.94. The smallest absolute Gasteiger partial charge is 0.113 e. The number of aryl methyl sites for hydroxylation is 1. The molecule has 2 heteroatoms. The van der Waals surface area contributed by atoms with Crippen molar-refractivity contribution in [3.8, 4) is 0 Å². The SMILES string of the molecule is CCC.COCC(C)(OC)c1ccccc1C. The zero-order chi connectivity index (χ0) is 13.3. The molecule has 1 unspecified atom stereocenters. The van der Waals surface area contributed by atoms with E-state index < -0.39 is 0 Å². The van der Waals surface area contributed by atoms with Gasteiger partial charge in [0.1, 0.15) is 5.60 Å². The van der Waals surface area contributed by atoms with Crippen LogP contribution in [0.25, 0.3) is 0 Å². The Morgan fingerprint density at radius 2 is 1.65 bits per heavy atom. The molecule has 1 aromatic carbocycles. The normalized spacial score (nSPS) is 13.5. The highest BCUT2D eigenvalue weighted by molar-refractivity contribution is 5.31. The van der Waals surface area contributed by atoms with E-state index in [1.54, 1.807) is 14.2 Å². The average Bonchev–Trinajstić information content (AvgIpc) is 2.31. The fourth-order valence-electron chi connectivity index (χ4n) is 1.69. The Balaban J connectivity index is 0.000000770. The summed E-state index contributed by atoms with van der Waals surface area (Å²) in [6, 6.07) is 8.22. The third kappa shape index (κ3) is 4.88. The van der Waals surface area contributed by atoms with Gasteiger partial charge in [-0.15, -0.1) is 0 Å². The van der Waals surface area contributed by atoms with Crippen molar-refractivity contribution in [1.29, 1.82) is 0 Å². The van der Waals surface area contributed by atoms with Gasteiger partial charge in [0.25, 0.3) is 0 Å². The van der Waals surface area contributed by atoms with E-state index in [-0.39, 0.29) is 5.60 Å². The largest absolute Gasteiger partial charge is 0.381 e. The van der Waals surface area contributed by atoms with Crippen LogP contribution in [0.5, 0.6) is 0 Å². The second kappa shape index (κ2) is 8.26. The van der Waals surface area contributed by atoms with Gasteiger partial charge in [0.15, 0.2) is 0 Å². The van der Waals surface area contributed by atoms with Crippen molar-refractivity contribution in [3.63, 3.8) is 0 Å². The van der Waals surface area contributed by atoms with Gasteiger partial charge in [-0.05, 0) is 25.0 Å². The van der Waals surface area contributed by atoms with E-state index >= 15 is 0 Å². The van der Waals surface area contributed by atoms with Gasteiger partial charge in [-0.1, -0.05) is 44.5 Å². The summed E-state index contributed by atoms with van der Waals surface area (Å²) in [7, 11) is 3.40. The summed E-state index contributed by atoms with van der Waals surface area (Å²) in [5.41, 5.74) is 2.07. The van der Waals surface area contributed by atoms with Gasteiger partial charge in [0.05, 0.1) is 6.61 Å². The number of hydrogen-bond acceptors (Lipinski definition) is 2. The van der Waals surface area contributed by atoms with E-state index in [9.17, 15) is 0 Å². The molecule has 0 aliphatic heterocycles. The Hall–Kier alpha value is -0.860. The number of hydrogen-bond donors (Lipinski definition) is 0. The van der Waals surface area contributed by atoms with Crippen molar-refractivity contribution >= 4 is 0 Å². The highest BCUT2D eigenvalue weighted by Crippen LogP contribution is 2.27. The quantitative estimate of drug-likeness (QED) is 0.791. The van der Waals surface area contributed by atoms with E-state index in [0.717, 1.165) is 0 Å². The molecule has 0 radical (unpaired) electrons. The van der Waals surface area contributed by atoms with Crippen molar-refractivity contribution in [2.75, 3.05) is 20.8 Å². The first-order valence-corrected chi connectivity index (χ1v) is 6.15. The van der Waals surface area contributed by atoms with Crippen molar-refractivity contribution in [3.05, 3.63) is 35.4 Å². The first-order chi connectivity index (χ1) is 8.05. The van der Waals surface area contributed by atoms with E-state index in [4.69, 9.17) is 9.47 Å². The molecule has 2 nitrogen and oxygen atoms in total. The Morgan fingerprint density at radius 3 is 2.06 bits per heavy atom. The van der Waals surface area contributed by atoms with Crippen LogP contribution in [-0.2, 0) is 15.1 Å². The number of ether oxygens (including phenoxy) is 2. The van der Waals surface area contributed by atoms with E-state index in [1.165, 1.54) is 17.5 Å². The van der Waals surface area contributed by atoms with Crippen LogP contribution in [0.1, 0.15) is 38.3 Å². The third-order valence-corrected chi connectivity index (χ3v) is 2.59. The zero-order valence-electron chi connectivity index (χ0n) is 12.0. The third-order valence-electron chi connectivity index (χ3n) is 2.59. The maximum absolute atomic E-state index is 5.52. The number of methoxy groups -OCH3 is 2. The van der Waals surface area contributed by atoms with Crippen molar-refractivity contribution in [2.24, 2.45) is 0 Å². The van der Waals surface area contributed by atoms with Crippen molar-refractivity contribution in [2.45, 2.75) is 39.7 Å². The molecule has 0 saturated heterocycles. The van der Waals surface area contributed by atoms with Crippen LogP contribution in [0, 0.1) is 6.92 Å². The van der Waals surface area contributed by atoms with Crippen LogP contribution >= 0.6 is 0 Å². The molecule has 1 atom stereocenters. The van der Waals surface area contributed by atoms with E-state index in [0.29, 0.717) is 6.61 Å². The van der Waals surface area contributed by atoms with Gasteiger partial charge in [0.2, 0.25) is 0 Å². The molecular formula is C15H26O2. The summed E-state index contributed by atoms with van der Waals surface area (Å²) in [5.74, 6) is 0. The molecule has 0 aliphatic carbocycles. The molecule has 0 aromatic heterocycles. The van der Waals surface area contributed by atoms with E-state index in [2.05, 4.69) is 32.9 Å². The molecule has 0 heterocycles. The summed E-state index contributed by atoms with van der Waals surface area (Å²) in [4.78, 5) is 0. The van der Waals surface area contributed by atoms with Crippen LogP contribution in [0.4, 0.5) is 0 Å². The van der Waals surface area contributed by atoms with E-state index in [1.807, 2.05) is 19.1 Å². The minimum atomic E-state index is -0.347. The minimum Gasteiger partial charge on any atom is -0.381 e. The Labute approximate surface area is 106 Å². The van der Waals surface area contributed by atoms with Crippen molar-refractivity contribution < 1.29 is 9.47 Å². The summed E-state index contributed by atoms with van der Waals surface area (Å²) < 4.78 is 10.7. The second-order valence-corrected chi connectivity index (χ2v) is 4.39.